The number of aliphatic hydroxyl groups is 8. The lowest BCUT2D eigenvalue weighted by molar-refractivity contribution is -0.277. The summed E-state index contributed by atoms with van der Waals surface area (Å²) in [6.45, 7) is 2.02. The van der Waals surface area contributed by atoms with E-state index in [-0.39, 0.29) is 28.7 Å². The van der Waals surface area contributed by atoms with Gasteiger partial charge < -0.3 is 69.6 Å². The molecule has 0 spiro atoms. The molecule has 0 radical (unpaired) electrons. The van der Waals surface area contributed by atoms with E-state index in [1.165, 1.54) is 24.3 Å². The highest BCUT2D eigenvalue weighted by atomic mass is 16.7. The summed E-state index contributed by atoms with van der Waals surface area (Å²) in [5.41, 5.74) is 0.857. The van der Waals surface area contributed by atoms with Gasteiger partial charge in [0.05, 0.1) is 13.2 Å². The van der Waals surface area contributed by atoms with E-state index in [2.05, 4.69) is 0 Å². The van der Waals surface area contributed by atoms with Gasteiger partial charge in [-0.3, -0.25) is 0 Å². The van der Waals surface area contributed by atoms with E-state index in [1.54, 1.807) is 19.9 Å². The summed E-state index contributed by atoms with van der Waals surface area (Å²) in [5.74, 6) is 0.367. The molecule has 0 aromatic heterocycles. The van der Waals surface area contributed by atoms with Crippen molar-refractivity contribution in [2.75, 3.05) is 13.2 Å². The number of hydrogen-bond acceptors (Lipinski definition) is 14. The monoisotopic (exact) mass is 570 g/mol. The summed E-state index contributed by atoms with van der Waals surface area (Å²) in [5, 5.41) is 89.7. The Kier molecular flexibility index (Phi) is 9.36. The van der Waals surface area contributed by atoms with E-state index in [0.29, 0.717) is 11.1 Å². The van der Waals surface area contributed by atoms with Crippen molar-refractivity contribution in [2.24, 2.45) is 0 Å². The first-order valence-electron chi connectivity index (χ1n) is 12.5. The SMILES string of the molecule is Cc1cc(Oc2cc(O[C@@H]3O[C@H](CO)[C@@H](O)[C@H](O)[C@H]3O)cc(C)c2O)ccc1O[C@@H]1O[C@H](CO)[C@@H](O)[C@H](O)[C@H]1O. The molecule has 2 aliphatic heterocycles. The molecule has 0 unspecified atom stereocenters. The lowest BCUT2D eigenvalue weighted by atomic mass is 9.99. The highest BCUT2D eigenvalue weighted by Gasteiger charge is 2.46. The van der Waals surface area contributed by atoms with Crippen molar-refractivity contribution in [3.8, 4) is 28.7 Å². The number of aliphatic hydroxyl groups excluding tert-OH is 8. The Morgan fingerprint density at radius 3 is 1.68 bits per heavy atom. The fraction of sp³-hybridized carbons (Fsp3) is 0.538. The van der Waals surface area contributed by atoms with Crippen molar-refractivity contribution in [1.29, 1.82) is 0 Å². The molecule has 2 aromatic carbocycles. The van der Waals surface area contributed by atoms with Crippen LogP contribution in [-0.4, -0.2) is 121 Å². The molecular formula is C26H34O14. The molecule has 14 heteroatoms. The zero-order chi connectivity index (χ0) is 29.3. The minimum absolute atomic E-state index is 0.0263. The molecular weight excluding hydrogens is 536 g/mol. The van der Waals surface area contributed by atoms with Gasteiger partial charge in [-0.25, -0.2) is 0 Å². The fourth-order valence-corrected chi connectivity index (χ4v) is 4.39. The predicted molar refractivity (Wildman–Crippen MR) is 133 cm³/mol. The molecule has 9 N–H and O–H groups in total. The maximum atomic E-state index is 10.6. The summed E-state index contributed by atoms with van der Waals surface area (Å²) in [6, 6.07) is 7.29. The van der Waals surface area contributed by atoms with Gasteiger partial charge in [0.25, 0.3) is 0 Å². The Morgan fingerprint density at radius 1 is 0.625 bits per heavy atom. The van der Waals surface area contributed by atoms with E-state index in [9.17, 15) is 46.0 Å². The predicted octanol–water partition coefficient (Wildman–Crippen LogP) is -1.84. The van der Waals surface area contributed by atoms with Crippen LogP contribution in [0.4, 0.5) is 0 Å². The summed E-state index contributed by atoms with van der Waals surface area (Å²) in [4.78, 5) is 0. The van der Waals surface area contributed by atoms with Crippen LogP contribution in [-0.2, 0) is 9.47 Å². The van der Waals surface area contributed by atoms with E-state index >= 15 is 0 Å². The first kappa shape index (κ1) is 30.2. The smallest absolute Gasteiger partial charge is 0.229 e. The van der Waals surface area contributed by atoms with Gasteiger partial charge in [0.15, 0.2) is 11.5 Å². The van der Waals surface area contributed by atoms with Crippen molar-refractivity contribution in [3.63, 3.8) is 0 Å². The van der Waals surface area contributed by atoms with Gasteiger partial charge in [-0.15, -0.1) is 0 Å². The third kappa shape index (κ3) is 6.11. The van der Waals surface area contributed by atoms with Crippen molar-refractivity contribution in [3.05, 3.63) is 41.5 Å². The minimum Gasteiger partial charge on any atom is -0.504 e. The van der Waals surface area contributed by atoms with Gasteiger partial charge in [0.2, 0.25) is 12.6 Å². The first-order valence-corrected chi connectivity index (χ1v) is 12.5. The van der Waals surface area contributed by atoms with Gasteiger partial charge in [0, 0.05) is 6.07 Å². The van der Waals surface area contributed by atoms with Crippen LogP contribution in [0.2, 0.25) is 0 Å². The third-order valence-corrected chi connectivity index (χ3v) is 6.81. The average molecular weight is 571 g/mol. The summed E-state index contributed by atoms with van der Waals surface area (Å²) in [6.07, 6.45) is -14.6. The quantitative estimate of drug-likeness (QED) is 0.170. The zero-order valence-electron chi connectivity index (χ0n) is 21.6. The normalized spacial score (nSPS) is 34.4. The Labute approximate surface area is 228 Å². The largest absolute Gasteiger partial charge is 0.504 e. The fourth-order valence-electron chi connectivity index (χ4n) is 4.39. The molecule has 222 valence electrons. The van der Waals surface area contributed by atoms with Crippen LogP contribution in [0.5, 0.6) is 28.7 Å². The molecule has 2 aliphatic rings. The Hall–Kier alpha value is -2.76. The maximum absolute atomic E-state index is 10.6. The average Bonchev–Trinajstić information content (AvgIpc) is 2.93. The van der Waals surface area contributed by atoms with Crippen LogP contribution >= 0.6 is 0 Å². The molecule has 14 nitrogen and oxygen atoms in total. The number of aromatic hydroxyl groups is 1. The molecule has 2 heterocycles. The number of phenolic OH excluding ortho intramolecular Hbond substituents is 1. The zero-order valence-corrected chi connectivity index (χ0v) is 21.6. The Balaban J connectivity index is 1.49. The lowest BCUT2D eigenvalue weighted by Crippen LogP contribution is -2.60. The molecule has 0 amide bonds. The van der Waals surface area contributed by atoms with Gasteiger partial charge in [0.1, 0.15) is 66.1 Å². The molecule has 0 aliphatic carbocycles. The van der Waals surface area contributed by atoms with Gasteiger partial charge in [-0.05, 0) is 49.2 Å². The standard InChI is InChI=1S/C26H34O14/c1-10-5-12(3-4-14(10)38-26-24(35)22(33)20(31)17(9-28)40-26)36-15-7-13(6-11(2)18(15)29)37-25-23(34)21(32)19(30)16(8-27)39-25/h3-7,16-17,19-35H,8-9H2,1-2H3/t16-,17-,19-,20-,21+,22+,23-,24-,25-,26-/m1/s1. The molecule has 4 rings (SSSR count). The van der Waals surface area contributed by atoms with Crippen LogP contribution in [0.3, 0.4) is 0 Å². The lowest BCUT2D eigenvalue weighted by Gasteiger charge is -2.39. The molecule has 40 heavy (non-hydrogen) atoms. The number of phenols is 1. The summed E-state index contributed by atoms with van der Waals surface area (Å²) >= 11 is 0. The van der Waals surface area contributed by atoms with Gasteiger partial charge in [-0.2, -0.15) is 0 Å². The first-order chi connectivity index (χ1) is 18.9. The second kappa shape index (κ2) is 12.4. The number of hydrogen-bond donors (Lipinski definition) is 9. The molecule has 10 atom stereocenters. The van der Waals surface area contributed by atoms with Gasteiger partial charge >= 0.3 is 0 Å². The third-order valence-electron chi connectivity index (χ3n) is 6.81. The van der Waals surface area contributed by atoms with Crippen molar-refractivity contribution in [2.45, 2.75) is 75.3 Å². The van der Waals surface area contributed by atoms with Crippen LogP contribution in [0.25, 0.3) is 0 Å². The van der Waals surface area contributed by atoms with E-state index in [4.69, 9.17) is 23.7 Å². The Bertz CT molecular complexity index is 1160. The molecule has 2 aromatic rings. The molecule has 2 saturated heterocycles. The van der Waals surface area contributed by atoms with Crippen LogP contribution < -0.4 is 14.2 Å². The van der Waals surface area contributed by atoms with Gasteiger partial charge in [-0.1, -0.05) is 0 Å². The summed E-state index contributed by atoms with van der Waals surface area (Å²) < 4.78 is 27.9. The number of aryl methyl sites for hydroxylation is 2. The highest BCUT2D eigenvalue weighted by Crippen LogP contribution is 2.39. The van der Waals surface area contributed by atoms with Crippen LogP contribution in [0.1, 0.15) is 11.1 Å². The van der Waals surface area contributed by atoms with Crippen molar-refractivity contribution < 1.29 is 69.6 Å². The number of ether oxygens (including phenoxy) is 5. The van der Waals surface area contributed by atoms with Crippen LogP contribution in [0.15, 0.2) is 30.3 Å². The second-order valence-corrected chi connectivity index (χ2v) is 9.75. The number of benzene rings is 2. The minimum atomic E-state index is -1.63. The van der Waals surface area contributed by atoms with E-state index in [0.717, 1.165) is 0 Å². The van der Waals surface area contributed by atoms with E-state index < -0.39 is 74.6 Å². The summed E-state index contributed by atoms with van der Waals surface area (Å²) in [7, 11) is 0. The highest BCUT2D eigenvalue weighted by molar-refractivity contribution is 5.52. The number of rotatable bonds is 8. The maximum Gasteiger partial charge on any atom is 0.229 e. The topological polar surface area (TPSA) is 228 Å². The Morgan fingerprint density at radius 2 is 1.15 bits per heavy atom. The van der Waals surface area contributed by atoms with Crippen molar-refractivity contribution >= 4 is 0 Å². The molecule has 0 saturated carbocycles. The second-order valence-electron chi connectivity index (χ2n) is 9.75. The van der Waals surface area contributed by atoms with Crippen LogP contribution in [0, 0.1) is 13.8 Å². The van der Waals surface area contributed by atoms with E-state index in [1.807, 2.05) is 0 Å². The molecule has 0 bridgehead atoms. The van der Waals surface area contributed by atoms with Crippen molar-refractivity contribution in [1.82, 2.24) is 0 Å². The molecule has 2 fully saturated rings.